The van der Waals surface area contributed by atoms with Gasteiger partial charge in [0.15, 0.2) is 0 Å². The van der Waals surface area contributed by atoms with Crippen LogP contribution in [0.25, 0.3) is 11.1 Å². The number of nitrogen functional groups attached to an aromatic ring is 1. The van der Waals surface area contributed by atoms with Crippen molar-refractivity contribution in [1.82, 2.24) is 4.90 Å². The highest BCUT2D eigenvalue weighted by Crippen LogP contribution is 2.46. The Morgan fingerprint density at radius 3 is 2.08 bits per heavy atom. The molecule has 1 heterocycles. The van der Waals surface area contributed by atoms with E-state index in [2.05, 4.69) is 21.7 Å². The Kier molecular flexibility index (Phi) is 8.66. The summed E-state index contributed by atoms with van der Waals surface area (Å²) in [5.41, 5.74) is 15.9. The molecule has 0 spiro atoms. The molecule has 0 unspecified atom stereocenters. The van der Waals surface area contributed by atoms with Crippen LogP contribution in [-0.4, -0.2) is 63.6 Å². The number of likely N-dealkylation sites (N-methyl/N-ethyl adjacent to an activating group) is 1. The quantitative estimate of drug-likeness (QED) is 0.241. The third-order valence-electron chi connectivity index (χ3n) is 6.71. The summed E-state index contributed by atoms with van der Waals surface area (Å²) in [4.78, 5) is 21.7. The average Bonchev–Trinajstić information content (AvgIpc) is 2.93. The summed E-state index contributed by atoms with van der Waals surface area (Å²) >= 11 is 13.1. The number of nitrogens with two attached hydrogens (primary N) is 2. The third-order valence-corrected chi connectivity index (χ3v) is 7.46. The molecule has 3 aromatic carbocycles. The van der Waals surface area contributed by atoms with Crippen LogP contribution in [0.15, 0.2) is 53.5 Å². The van der Waals surface area contributed by atoms with Crippen molar-refractivity contribution in [3.63, 3.8) is 0 Å². The predicted molar refractivity (Wildman–Crippen MR) is 155 cm³/mol. The largest absolute Gasteiger partial charge is 0.495 e. The number of carbonyl (C=O) groups is 1. The molecule has 1 aliphatic heterocycles. The summed E-state index contributed by atoms with van der Waals surface area (Å²) in [6, 6.07) is 14.1. The van der Waals surface area contributed by atoms with Crippen LogP contribution in [0.3, 0.4) is 0 Å². The number of methoxy groups -OCH3 is 2. The maximum Gasteiger partial charge on any atom is 0.278 e. The van der Waals surface area contributed by atoms with Gasteiger partial charge in [-0.3, -0.25) is 4.79 Å². The predicted octanol–water partition coefficient (Wildman–Crippen LogP) is 4.95. The summed E-state index contributed by atoms with van der Waals surface area (Å²) in [6.45, 7) is 7.21. The highest BCUT2D eigenvalue weighted by molar-refractivity contribution is 6.41. The number of amidine groups is 1. The van der Waals surface area contributed by atoms with Gasteiger partial charge in [-0.15, -0.1) is 0 Å². The molecule has 1 aliphatic rings. The van der Waals surface area contributed by atoms with Crippen molar-refractivity contribution in [2.24, 2.45) is 10.7 Å². The summed E-state index contributed by atoms with van der Waals surface area (Å²) in [6.07, 6.45) is 0. The molecule has 0 bridgehead atoms. The van der Waals surface area contributed by atoms with Crippen molar-refractivity contribution in [2.75, 3.05) is 57.6 Å². The Bertz CT molecular complexity index is 1330. The molecule has 38 heavy (non-hydrogen) atoms. The van der Waals surface area contributed by atoms with Gasteiger partial charge in [0.1, 0.15) is 17.3 Å². The van der Waals surface area contributed by atoms with Gasteiger partial charge in [-0.1, -0.05) is 36.2 Å². The molecular formula is C28H31Cl2N5O3. The Morgan fingerprint density at radius 2 is 1.55 bits per heavy atom. The lowest BCUT2D eigenvalue weighted by molar-refractivity contribution is 0.100. The van der Waals surface area contributed by atoms with Gasteiger partial charge in [-0.2, -0.15) is 4.99 Å². The highest BCUT2D eigenvalue weighted by atomic mass is 35.5. The zero-order chi connectivity index (χ0) is 27.4. The van der Waals surface area contributed by atoms with Gasteiger partial charge in [-0.25, -0.2) is 0 Å². The Balaban J connectivity index is 1.54. The standard InChI is InChI=1S/C28H31Cl2N5O3/c1-4-34-11-13-35(14-12-34)19-8-5-17(6-9-19)28(36)33-27(32)20-10-7-18(15-21(20)31)24-25(29)22(37-2)16-23(38-3)26(24)30/h5-10,15-16H,4,11-14,31H2,1-3H3,(H2,32,33,36). The van der Waals surface area contributed by atoms with E-state index in [0.29, 0.717) is 49.5 Å². The van der Waals surface area contributed by atoms with Crippen LogP contribution in [0, 0.1) is 0 Å². The number of amides is 1. The second kappa shape index (κ2) is 11.9. The monoisotopic (exact) mass is 555 g/mol. The minimum Gasteiger partial charge on any atom is -0.495 e. The zero-order valence-corrected chi connectivity index (χ0v) is 23.1. The fraction of sp³-hybridized carbons (Fsp3) is 0.286. The fourth-order valence-electron chi connectivity index (χ4n) is 4.46. The topological polar surface area (TPSA) is 106 Å². The lowest BCUT2D eigenvalue weighted by atomic mass is 10.0. The van der Waals surface area contributed by atoms with Gasteiger partial charge in [0, 0.05) is 60.3 Å². The van der Waals surface area contributed by atoms with Crippen LogP contribution in [-0.2, 0) is 0 Å². The van der Waals surface area contributed by atoms with Crippen molar-refractivity contribution >= 4 is 46.3 Å². The smallest absolute Gasteiger partial charge is 0.278 e. The van der Waals surface area contributed by atoms with E-state index in [0.717, 1.165) is 38.4 Å². The second-order valence-electron chi connectivity index (χ2n) is 8.86. The Morgan fingerprint density at radius 1 is 0.947 bits per heavy atom. The highest BCUT2D eigenvalue weighted by Gasteiger charge is 2.20. The first kappa shape index (κ1) is 27.6. The minimum atomic E-state index is -0.447. The minimum absolute atomic E-state index is 0.0132. The normalized spacial score (nSPS) is 14.4. The van der Waals surface area contributed by atoms with E-state index in [1.807, 2.05) is 12.1 Å². The molecule has 1 saturated heterocycles. The van der Waals surface area contributed by atoms with Crippen molar-refractivity contribution < 1.29 is 14.3 Å². The third kappa shape index (κ3) is 5.67. The maximum absolute atomic E-state index is 12.8. The Hall–Kier alpha value is -3.46. The number of rotatable bonds is 7. The van der Waals surface area contributed by atoms with Gasteiger partial charge in [0.2, 0.25) is 0 Å². The van der Waals surface area contributed by atoms with Gasteiger partial charge < -0.3 is 30.7 Å². The van der Waals surface area contributed by atoms with E-state index >= 15 is 0 Å². The number of aliphatic imine (C=N–C) groups is 1. The summed E-state index contributed by atoms with van der Waals surface area (Å²) < 4.78 is 10.7. The van der Waals surface area contributed by atoms with Crippen molar-refractivity contribution in [1.29, 1.82) is 0 Å². The first-order chi connectivity index (χ1) is 18.3. The number of ether oxygens (including phenoxy) is 2. The lowest BCUT2D eigenvalue weighted by Crippen LogP contribution is -2.46. The zero-order valence-electron chi connectivity index (χ0n) is 21.6. The SMILES string of the molecule is CCN1CCN(c2ccc(C(=O)N=C(N)c3ccc(-c4c(Cl)c(OC)cc(OC)c4Cl)cc3N)cc2)CC1. The molecule has 10 heteroatoms. The molecule has 0 saturated carbocycles. The van der Waals surface area contributed by atoms with Crippen LogP contribution in [0.2, 0.25) is 10.0 Å². The molecule has 4 rings (SSSR count). The first-order valence-corrected chi connectivity index (χ1v) is 13.0. The van der Waals surface area contributed by atoms with Crippen LogP contribution >= 0.6 is 23.2 Å². The molecule has 8 nitrogen and oxygen atoms in total. The molecule has 3 aromatic rings. The number of nitrogens with zero attached hydrogens (tertiary/aromatic N) is 3. The number of hydrogen-bond donors (Lipinski definition) is 2. The first-order valence-electron chi connectivity index (χ1n) is 12.2. The molecule has 1 amide bonds. The van der Waals surface area contributed by atoms with E-state index < -0.39 is 5.91 Å². The number of hydrogen-bond acceptors (Lipinski definition) is 6. The van der Waals surface area contributed by atoms with Crippen molar-refractivity contribution in [3.8, 4) is 22.6 Å². The molecule has 200 valence electrons. The van der Waals surface area contributed by atoms with E-state index in [-0.39, 0.29) is 5.84 Å². The lowest BCUT2D eigenvalue weighted by Gasteiger charge is -2.35. The number of anilines is 2. The molecule has 0 aromatic heterocycles. The number of benzene rings is 3. The van der Waals surface area contributed by atoms with Gasteiger partial charge in [-0.05, 0) is 48.5 Å². The van der Waals surface area contributed by atoms with Gasteiger partial charge in [0.25, 0.3) is 5.91 Å². The van der Waals surface area contributed by atoms with E-state index in [4.69, 9.17) is 44.1 Å². The second-order valence-corrected chi connectivity index (χ2v) is 9.61. The molecule has 0 atom stereocenters. The van der Waals surface area contributed by atoms with Crippen LogP contribution in [0.1, 0.15) is 22.8 Å². The molecular weight excluding hydrogens is 525 g/mol. The van der Waals surface area contributed by atoms with Gasteiger partial charge in [0.05, 0.1) is 24.3 Å². The summed E-state index contributed by atoms with van der Waals surface area (Å²) in [7, 11) is 3.01. The number of halogens is 2. The van der Waals surface area contributed by atoms with Crippen molar-refractivity contribution in [3.05, 3.63) is 69.7 Å². The van der Waals surface area contributed by atoms with Crippen LogP contribution in [0.4, 0.5) is 11.4 Å². The summed E-state index contributed by atoms with van der Waals surface area (Å²) in [5, 5.41) is 0.635. The van der Waals surface area contributed by atoms with E-state index in [9.17, 15) is 4.79 Å². The maximum atomic E-state index is 12.8. The van der Waals surface area contributed by atoms with Crippen LogP contribution in [0.5, 0.6) is 11.5 Å². The molecule has 0 radical (unpaired) electrons. The fourth-order valence-corrected chi connectivity index (χ4v) is 5.18. The molecule has 0 aliphatic carbocycles. The van der Waals surface area contributed by atoms with Crippen molar-refractivity contribution in [2.45, 2.75) is 6.92 Å². The number of piperazine rings is 1. The molecule has 1 fully saturated rings. The van der Waals surface area contributed by atoms with Crippen LogP contribution < -0.4 is 25.8 Å². The summed E-state index contributed by atoms with van der Waals surface area (Å²) in [5.74, 6) is 0.383. The number of carbonyl (C=O) groups excluding carboxylic acids is 1. The Labute approximate surface area is 232 Å². The van der Waals surface area contributed by atoms with Gasteiger partial charge >= 0.3 is 0 Å². The van der Waals surface area contributed by atoms with E-state index in [1.54, 1.807) is 36.4 Å². The average molecular weight is 556 g/mol. The molecule has 4 N–H and O–H groups in total. The van der Waals surface area contributed by atoms with E-state index in [1.165, 1.54) is 14.2 Å².